The van der Waals surface area contributed by atoms with Crippen LogP contribution in [0.15, 0.2) is 30.3 Å². The van der Waals surface area contributed by atoms with Crippen molar-refractivity contribution < 1.29 is 9.59 Å². The highest BCUT2D eigenvalue weighted by Gasteiger charge is 2.18. The van der Waals surface area contributed by atoms with Crippen LogP contribution in [0.25, 0.3) is 0 Å². The number of aryl methyl sites for hydroxylation is 2. The number of rotatable bonds is 4. The Balaban J connectivity index is 2.54. The molecule has 0 aromatic heterocycles. The summed E-state index contributed by atoms with van der Waals surface area (Å²) in [4.78, 5) is 24.0. The Bertz CT molecular complexity index is 700. The van der Waals surface area contributed by atoms with Gasteiger partial charge in [-0.25, -0.2) is 0 Å². The molecule has 0 radical (unpaired) electrons. The first-order chi connectivity index (χ1) is 9.99. The van der Waals surface area contributed by atoms with Gasteiger partial charge in [0.1, 0.15) is 0 Å². The quantitative estimate of drug-likeness (QED) is 0.530. The minimum atomic E-state index is -0.147. The summed E-state index contributed by atoms with van der Waals surface area (Å²) in [7, 11) is 0. The van der Waals surface area contributed by atoms with Gasteiger partial charge in [-0.2, -0.15) is 0 Å². The minimum Gasteiger partial charge on any atom is -0.398 e. The Morgan fingerprint density at radius 3 is 2.33 bits per heavy atom. The lowest BCUT2D eigenvalue weighted by Crippen LogP contribution is -2.10. The molecule has 2 aromatic rings. The van der Waals surface area contributed by atoms with E-state index >= 15 is 0 Å². The van der Waals surface area contributed by atoms with Gasteiger partial charge in [-0.05, 0) is 43.0 Å². The normalized spacial score (nSPS) is 10.4. The Kier molecular flexibility index (Phi) is 4.22. The predicted octanol–water partition coefficient (Wildman–Crippen LogP) is 3.49. The van der Waals surface area contributed by atoms with Crippen LogP contribution >= 0.6 is 0 Å². The lowest BCUT2D eigenvalue weighted by Gasteiger charge is -2.12. The third kappa shape index (κ3) is 2.72. The van der Waals surface area contributed by atoms with E-state index in [1.54, 1.807) is 25.1 Å². The van der Waals surface area contributed by atoms with Crippen LogP contribution in [0.5, 0.6) is 0 Å². The molecule has 0 atom stereocenters. The molecule has 108 valence electrons. The van der Waals surface area contributed by atoms with Crippen molar-refractivity contribution in [3.63, 3.8) is 0 Å². The fraction of sp³-hybridized carbons (Fsp3) is 0.222. The molecule has 0 spiro atoms. The number of hydrogen-bond donors (Lipinski definition) is 1. The SMILES string of the molecule is CCc1ccc(C(=O)c2cc(C)c(N)c(C)c2C=O)cc1. The van der Waals surface area contributed by atoms with Gasteiger partial charge in [0, 0.05) is 22.4 Å². The standard InChI is InChI=1S/C18H19NO2/c1-4-13-5-7-14(8-6-13)18(21)15-9-11(2)17(19)12(3)16(15)10-20/h5-10H,4,19H2,1-3H3. The highest BCUT2D eigenvalue weighted by Crippen LogP contribution is 2.25. The topological polar surface area (TPSA) is 60.2 Å². The van der Waals surface area contributed by atoms with Crippen molar-refractivity contribution in [3.05, 3.63) is 63.7 Å². The predicted molar refractivity (Wildman–Crippen MR) is 85.0 cm³/mol. The molecule has 0 unspecified atom stereocenters. The van der Waals surface area contributed by atoms with Gasteiger partial charge in [0.2, 0.25) is 0 Å². The number of nitrogens with two attached hydrogens (primary N) is 1. The maximum atomic E-state index is 12.6. The Morgan fingerprint density at radius 2 is 1.81 bits per heavy atom. The van der Waals surface area contributed by atoms with Crippen LogP contribution in [-0.2, 0) is 6.42 Å². The number of carbonyl (C=O) groups excluding carboxylic acids is 2. The highest BCUT2D eigenvalue weighted by molar-refractivity contribution is 6.13. The lowest BCUT2D eigenvalue weighted by atomic mass is 9.92. The zero-order chi connectivity index (χ0) is 15.6. The largest absolute Gasteiger partial charge is 0.398 e. The van der Waals surface area contributed by atoms with Gasteiger partial charge in [0.25, 0.3) is 0 Å². The molecule has 21 heavy (non-hydrogen) atoms. The first-order valence-electron chi connectivity index (χ1n) is 6.98. The van der Waals surface area contributed by atoms with E-state index in [1.165, 1.54) is 5.56 Å². The Hall–Kier alpha value is -2.42. The molecule has 0 fully saturated rings. The van der Waals surface area contributed by atoms with Gasteiger partial charge in [-0.3, -0.25) is 9.59 Å². The van der Waals surface area contributed by atoms with Gasteiger partial charge in [0.15, 0.2) is 12.1 Å². The minimum absolute atomic E-state index is 0.147. The van der Waals surface area contributed by atoms with E-state index in [1.807, 2.05) is 19.1 Å². The van der Waals surface area contributed by atoms with E-state index in [-0.39, 0.29) is 5.78 Å². The molecule has 0 aliphatic rings. The fourth-order valence-electron chi connectivity index (χ4n) is 2.40. The third-order valence-corrected chi connectivity index (χ3v) is 3.87. The Labute approximate surface area is 124 Å². The summed E-state index contributed by atoms with van der Waals surface area (Å²) in [5.74, 6) is -0.147. The van der Waals surface area contributed by atoms with Crippen LogP contribution < -0.4 is 5.73 Å². The zero-order valence-electron chi connectivity index (χ0n) is 12.6. The number of hydrogen-bond acceptors (Lipinski definition) is 3. The molecule has 0 saturated carbocycles. The second kappa shape index (κ2) is 5.92. The first-order valence-corrected chi connectivity index (χ1v) is 6.98. The second-order valence-electron chi connectivity index (χ2n) is 5.19. The number of aldehydes is 1. The van der Waals surface area contributed by atoms with Crippen molar-refractivity contribution in [1.82, 2.24) is 0 Å². The van der Waals surface area contributed by atoms with Gasteiger partial charge < -0.3 is 5.73 Å². The van der Waals surface area contributed by atoms with E-state index in [0.717, 1.165) is 12.0 Å². The molecule has 2 N–H and O–H groups in total. The molecule has 0 aliphatic heterocycles. The van der Waals surface area contributed by atoms with E-state index in [4.69, 9.17) is 5.73 Å². The van der Waals surface area contributed by atoms with Gasteiger partial charge >= 0.3 is 0 Å². The summed E-state index contributed by atoms with van der Waals surface area (Å²) < 4.78 is 0. The second-order valence-corrected chi connectivity index (χ2v) is 5.19. The summed E-state index contributed by atoms with van der Waals surface area (Å²) in [6.07, 6.45) is 1.63. The van der Waals surface area contributed by atoms with E-state index in [2.05, 4.69) is 6.92 Å². The lowest BCUT2D eigenvalue weighted by molar-refractivity contribution is 0.102. The van der Waals surface area contributed by atoms with E-state index in [0.29, 0.717) is 34.2 Å². The molecule has 2 aromatic carbocycles. The Morgan fingerprint density at radius 1 is 1.19 bits per heavy atom. The molecule has 3 heteroatoms. The van der Waals surface area contributed by atoms with Crippen molar-refractivity contribution in [3.8, 4) is 0 Å². The van der Waals surface area contributed by atoms with E-state index < -0.39 is 0 Å². The van der Waals surface area contributed by atoms with Crippen molar-refractivity contribution >= 4 is 17.8 Å². The molecule has 3 nitrogen and oxygen atoms in total. The third-order valence-electron chi connectivity index (χ3n) is 3.87. The van der Waals surface area contributed by atoms with Crippen LogP contribution in [0.1, 0.15) is 49.9 Å². The first kappa shape index (κ1) is 15.0. The molecule has 2 rings (SSSR count). The molecule has 0 amide bonds. The van der Waals surface area contributed by atoms with Gasteiger partial charge in [-0.15, -0.1) is 0 Å². The van der Waals surface area contributed by atoms with Crippen molar-refractivity contribution in [1.29, 1.82) is 0 Å². The maximum Gasteiger partial charge on any atom is 0.193 e. The summed E-state index contributed by atoms with van der Waals surface area (Å²) in [5.41, 5.74) is 10.5. The number of benzene rings is 2. The average Bonchev–Trinajstić information content (AvgIpc) is 2.51. The van der Waals surface area contributed by atoms with Crippen molar-refractivity contribution in [2.75, 3.05) is 5.73 Å². The monoisotopic (exact) mass is 281 g/mol. The van der Waals surface area contributed by atoms with Crippen LogP contribution in [0, 0.1) is 13.8 Å². The molecular weight excluding hydrogens is 262 g/mol. The fourth-order valence-corrected chi connectivity index (χ4v) is 2.40. The highest BCUT2D eigenvalue weighted by atomic mass is 16.1. The molecule has 0 saturated heterocycles. The van der Waals surface area contributed by atoms with Crippen LogP contribution in [0.4, 0.5) is 5.69 Å². The summed E-state index contributed by atoms with van der Waals surface area (Å²) in [6, 6.07) is 9.17. The molecule has 0 bridgehead atoms. The van der Waals surface area contributed by atoms with Crippen molar-refractivity contribution in [2.24, 2.45) is 0 Å². The molecule has 0 heterocycles. The van der Waals surface area contributed by atoms with Crippen LogP contribution in [-0.4, -0.2) is 12.1 Å². The maximum absolute atomic E-state index is 12.6. The summed E-state index contributed by atoms with van der Waals surface area (Å²) >= 11 is 0. The number of carbonyl (C=O) groups is 2. The van der Waals surface area contributed by atoms with Gasteiger partial charge in [-0.1, -0.05) is 31.2 Å². The average molecular weight is 281 g/mol. The smallest absolute Gasteiger partial charge is 0.193 e. The molecule has 0 aliphatic carbocycles. The van der Waals surface area contributed by atoms with Crippen molar-refractivity contribution in [2.45, 2.75) is 27.2 Å². The molecular formula is C18H19NO2. The summed E-state index contributed by atoms with van der Waals surface area (Å²) in [6.45, 7) is 5.67. The van der Waals surface area contributed by atoms with Gasteiger partial charge in [0.05, 0.1) is 0 Å². The summed E-state index contributed by atoms with van der Waals surface area (Å²) in [5, 5.41) is 0. The zero-order valence-corrected chi connectivity index (χ0v) is 12.6. The van der Waals surface area contributed by atoms with E-state index in [9.17, 15) is 9.59 Å². The number of ketones is 1. The van der Waals surface area contributed by atoms with Crippen LogP contribution in [0.2, 0.25) is 0 Å². The number of nitrogen functional groups attached to an aromatic ring is 1. The number of anilines is 1. The van der Waals surface area contributed by atoms with Crippen LogP contribution in [0.3, 0.4) is 0 Å².